The highest BCUT2D eigenvalue weighted by atomic mass is 19.1. The van der Waals surface area contributed by atoms with Gasteiger partial charge in [-0.05, 0) is 31.1 Å². The van der Waals surface area contributed by atoms with Crippen LogP contribution in [0.5, 0.6) is 0 Å². The summed E-state index contributed by atoms with van der Waals surface area (Å²) in [5.41, 5.74) is 2.48. The van der Waals surface area contributed by atoms with Gasteiger partial charge in [0, 0.05) is 19.6 Å². The summed E-state index contributed by atoms with van der Waals surface area (Å²) in [6.45, 7) is 8.12. The van der Waals surface area contributed by atoms with Crippen LogP contribution in [-0.2, 0) is 14.4 Å². The predicted molar refractivity (Wildman–Crippen MR) is 132 cm³/mol. The van der Waals surface area contributed by atoms with Crippen molar-refractivity contribution in [2.75, 3.05) is 19.6 Å². The van der Waals surface area contributed by atoms with Crippen molar-refractivity contribution in [2.45, 2.75) is 65.1 Å². The maximum atomic E-state index is 13.8. The number of nitrogens with two attached hydrogens (primary N) is 1. The largest absolute Gasteiger partial charge is 0.349 e. The molecule has 2 heterocycles. The molecule has 4 amide bonds. The van der Waals surface area contributed by atoms with Crippen LogP contribution in [0, 0.1) is 17.7 Å². The molecule has 0 bridgehead atoms. The van der Waals surface area contributed by atoms with Gasteiger partial charge in [-0.25, -0.2) is 4.79 Å². The third-order valence-corrected chi connectivity index (χ3v) is 5.92. The van der Waals surface area contributed by atoms with Gasteiger partial charge in [0.25, 0.3) is 11.5 Å². The minimum Gasteiger partial charge on any atom is -0.349 e. The molecule has 14 heteroatoms. The van der Waals surface area contributed by atoms with Crippen molar-refractivity contribution in [2.24, 2.45) is 17.6 Å². The number of amides is 4. The van der Waals surface area contributed by atoms with Gasteiger partial charge in [0.1, 0.15) is 23.8 Å². The second-order valence-corrected chi connectivity index (χ2v) is 9.87. The highest BCUT2D eigenvalue weighted by Crippen LogP contribution is 2.14. The fourth-order valence-electron chi connectivity index (χ4n) is 3.92. The molecule has 1 aliphatic heterocycles. The predicted octanol–water partition coefficient (Wildman–Crippen LogP) is -1.45. The van der Waals surface area contributed by atoms with Crippen LogP contribution in [0.25, 0.3) is 0 Å². The number of H-pyrrole nitrogens is 2. The number of halogens is 1. The van der Waals surface area contributed by atoms with Gasteiger partial charge >= 0.3 is 5.69 Å². The average Bonchev–Trinajstić information content (AvgIpc) is 3.36. The fourth-order valence-corrected chi connectivity index (χ4v) is 3.92. The first kappa shape index (κ1) is 29.7. The summed E-state index contributed by atoms with van der Waals surface area (Å²) >= 11 is 0. The number of nitrogens with zero attached hydrogens (tertiary/aromatic N) is 1. The Labute approximate surface area is 213 Å². The van der Waals surface area contributed by atoms with Crippen molar-refractivity contribution in [1.82, 2.24) is 30.8 Å². The molecule has 7 N–H and O–H groups in total. The third-order valence-electron chi connectivity index (χ3n) is 5.92. The van der Waals surface area contributed by atoms with E-state index < -0.39 is 65.2 Å². The molecule has 0 radical (unpaired) electrons. The quantitative estimate of drug-likeness (QED) is 0.203. The Morgan fingerprint density at radius 1 is 1.00 bits per heavy atom. The number of hydrogen-bond acceptors (Lipinski definition) is 7. The molecule has 13 nitrogen and oxygen atoms in total. The van der Waals surface area contributed by atoms with Crippen LogP contribution in [0.1, 0.15) is 57.4 Å². The van der Waals surface area contributed by atoms with Crippen LogP contribution in [0.3, 0.4) is 0 Å². The number of aromatic nitrogens is 2. The molecule has 206 valence electrons. The molecule has 3 atom stereocenters. The number of aromatic amines is 2. The van der Waals surface area contributed by atoms with Crippen molar-refractivity contribution < 1.29 is 23.6 Å². The second kappa shape index (κ2) is 13.1. The zero-order chi connectivity index (χ0) is 27.9. The lowest BCUT2D eigenvalue weighted by atomic mass is 9.99. The summed E-state index contributed by atoms with van der Waals surface area (Å²) in [5.74, 6) is -4.34. The van der Waals surface area contributed by atoms with Crippen molar-refractivity contribution in [3.05, 3.63) is 32.3 Å². The third kappa shape index (κ3) is 8.23. The highest BCUT2D eigenvalue weighted by molar-refractivity contribution is 5.94. The van der Waals surface area contributed by atoms with Crippen molar-refractivity contribution >= 4 is 23.6 Å². The lowest BCUT2D eigenvalue weighted by Gasteiger charge is -2.29. The van der Waals surface area contributed by atoms with Gasteiger partial charge in [0.15, 0.2) is 0 Å². The van der Waals surface area contributed by atoms with E-state index in [1.54, 1.807) is 23.7 Å². The topological polar surface area (TPSA) is 199 Å². The normalized spacial score (nSPS) is 15.8. The Kier molecular flexibility index (Phi) is 10.5. The molecular weight excluding hydrogens is 489 g/mol. The zero-order valence-electron chi connectivity index (χ0n) is 21.5. The monoisotopic (exact) mass is 525 g/mol. The van der Waals surface area contributed by atoms with Crippen LogP contribution in [0.2, 0.25) is 0 Å². The molecule has 0 saturated carbocycles. The smallest absolute Gasteiger partial charge is 0.326 e. The number of rotatable bonds is 11. The molecule has 1 aromatic heterocycles. The van der Waals surface area contributed by atoms with Gasteiger partial charge in [0.05, 0.1) is 0 Å². The van der Waals surface area contributed by atoms with Crippen LogP contribution in [0.4, 0.5) is 4.39 Å². The first-order chi connectivity index (χ1) is 17.3. The maximum absolute atomic E-state index is 13.8. The van der Waals surface area contributed by atoms with Gasteiger partial charge in [-0.15, -0.1) is 0 Å². The van der Waals surface area contributed by atoms with Gasteiger partial charge in [0.2, 0.25) is 23.5 Å². The van der Waals surface area contributed by atoms with Crippen LogP contribution in [-0.4, -0.2) is 76.3 Å². The number of carbonyl (C=O) groups excluding carboxylic acids is 4. The molecule has 0 unspecified atom stereocenters. The SMILES string of the molecule is CC(C)C[C@H](NC(=O)[C@@H](NC(=O)[C@@H](N)CNC(=O)c1[nH]c(=O)[nH]c(=O)c1F)C(C)C)C(=O)N1CCCC1. The van der Waals surface area contributed by atoms with Crippen molar-refractivity contribution in [3.63, 3.8) is 0 Å². The summed E-state index contributed by atoms with van der Waals surface area (Å²) in [7, 11) is 0. The molecule has 2 rings (SSSR count). The van der Waals surface area contributed by atoms with E-state index in [0.29, 0.717) is 19.5 Å². The number of nitrogens with one attached hydrogen (secondary N) is 5. The Hall–Kier alpha value is -3.55. The summed E-state index contributed by atoms with van der Waals surface area (Å²) in [4.78, 5) is 78.7. The van der Waals surface area contributed by atoms with Crippen molar-refractivity contribution in [1.29, 1.82) is 0 Å². The minimum atomic E-state index is -1.49. The number of likely N-dealkylation sites (tertiary alicyclic amines) is 1. The Morgan fingerprint density at radius 3 is 2.19 bits per heavy atom. The molecule has 0 spiro atoms. The summed E-state index contributed by atoms with van der Waals surface area (Å²) in [5, 5.41) is 7.48. The van der Waals surface area contributed by atoms with E-state index in [9.17, 15) is 33.2 Å². The number of hydrogen-bond donors (Lipinski definition) is 6. The van der Waals surface area contributed by atoms with Gasteiger partial charge in [-0.1, -0.05) is 27.7 Å². The Bertz CT molecular complexity index is 1110. The van der Waals surface area contributed by atoms with Crippen LogP contribution in [0.15, 0.2) is 9.59 Å². The molecule has 1 fully saturated rings. The van der Waals surface area contributed by atoms with E-state index in [4.69, 9.17) is 5.73 Å². The molecule has 37 heavy (non-hydrogen) atoms. The summed E-state index contributed by atoms with van der Waals surface area (Å²) in [6.07, 6.45) is 2.26. The molecule has 1 aliphatic rings. The van der Waals surface area contributed by atoms with E-state index in [-0.39, 0.29) is 17.7 Å². The first-order valence-corrected chi connectivity index (χ1v) is 12.3. The molecule has 0 aliphatic carbocycles. The highest BCUT2D eigenvalue weighted by Gasteiger charge is 2.33. The summed E-state index contributed by atoms with van der Waals surface area (Å²) < 4.78 is 13.8. The lowest BCUT2D eigenvalue weighted by Crippen LogP contribution is -2.58. The van der Waals surface area contributed by atoms with Gasteiger partial charge in [-0.2, -0.15) is 4.39 Å². The van der Waals surface area contributed by atoms with Crippen LogP contribution >= 0.6 is 0 Å². The van der Waals surface area contributed by atoms with Crippen molar-refractivity contribution in [3.8, 4) is 0 Å². The first-order valence-electron chi connectivity index (χ1n) is 12.3. The zero-order valence-corrected chi connectivity index (χ0v) is 21.5. The average molecular weight is 526 g/mol. The molecule has 0 aromatic carbocycles. The fraction of sp³-hybridized carbons (Fsp3) is 0.652. The van der Waals surface area contributed by atoms with E-state index in [1.165, 1.54) is 0 Å². The lowest BCUT2D eigenvalue weighted by molar-refractivity contribution is -0.137. The maximum Gasteiger partial charge on any atom is 0.326 e. The van der Waals surface area contributed by atoms with E-state index in [2.05, 4.69) is 16.0 Å². The second-order valence-electron chi connectivity index (χ2n) is 9.87. The minimum absolute atomic E-state index is 0.140. The van der Waals surface area contributed by atoms with E-state index in [1.807, 2.05) is 18.8 Å². The summed E-state index contributed by atoms with van der Waals surface area (Å²) in [6, 6.07) is -3.09. The molecule has 1 aromatic rings. The Balaban J connectivity index is 2.02. The molecule has 1 saturated heterocycles. The van der Waals surface area contributed by atoms with E-state index in [0.717, 1.165) is 12.8 Å². The van der Waals surface area contributed by atoms with Gasteiger partial charge in [-0.3, -0.25) is 29.0 Å². The van der Waals surface area contributed by atoms with E-state index >= 15 is 0 Å². The van der Waals surface area contributed by atoms with Crippen LogP contribution < -0.4 is 32.9 Å². The standard InChI is InChI=1S/C23H36FN7O6/c1-11(2)9-14(22(36)31-7-5-6-8-31)27-21(35)16(12(3)4)28-18(32)13(25)10-26-20(34)17-15(24)19(33)30-23(37)29-17/h11-14,16H,5-10,25H2,1-4H3,(H,26,34)(H,27,35)(H,28,32)(H2,29,30,33,37)/t13-,14-,16-/m0/s1. The van der Waals surface area contributed by atoms with Gasteiger partial charge < -0.3 is 31.6 Å². The Morgan fingerprint density at radius 2 is 1.62 bits per heavy atom. The number of carbonyl (C=O) groups is 4. The molecular formula is C23H36FN7O6.